The van der Waals surface area contributed by atoms with Gasteiger partial charge in [-0.3, -0.25) is 4.79 Å². The van der Waals surface area contributed by atoms with E-state index in [0.29, 0.717) is 17.9 Å². The van der Waals surface area contributed by atoms with Gasteiger partial charge in [-0.15, -0.1) is 0 Å². The molecule has 0 unspecified atom stereocenters. The first-order chi connectivity index (χ1) is 13.1. The van der Waals surface area contributed by atoms with Crippen LogP contribution in [0.3, 0.4) is 0 Å². The number of nitrogens with zero attached hydrogens (tertiary/aromatic N) is 4. The van der Waals surface area contributed by atoms with Gasteiger partial charge in [0.15, 0.2) is 5.65 Å². The van der Waals surface area contributed by atoms with Crippen LogP contribution in [0.1, 0.15) is 42.5 Å². The quantitative estimate of drug-likeness (QED) is 0.739. The molecule has 1 aromatic carbocycles. The predicted octanol–water partition coefficient (Wildman–Crippen LogP) is 3.29. The molecule has 0 aliphatic rings. The van der Waals surface area contributed by atoms with Crippen molar-refractivity contribution in [2.75, 3.05) is 27.2 Å². The second-order valence-corrected chi connectivity index (χ2v) is 8.50. The molecule has 28 heavy (non-hydrogen) atoms. The van der Waals surface area contributed by atoms with Crippen molar-refractivity contribution in [2.45, 2.75) is 33.1 Å². The third-order valence-corrected chi connectivity index (χ3v) is 4.62. The van der Waals surface area contributed by atoms with Gasteiger partial charge >= 0.3 is 0 Å². The van der Waals surface area contributed by atoms with Crippen molar-refractivity contribution >= 4 is 11.6 Å². The van der Waals surface area contributed by atoms with Gasteiger partial charge in [-0.05, 0) is 27.1 Å². The number of fused-ring (bicyclic) bond motifs is 1. The van der Waals surface area contributed by atoms with Crippen molar-refractivity contribution in [2.24, 2.45) is 0 Å². The summed E-state index contributed by atoms with van der Waals surface area (Å²) < 4.78 is 1.66. The van der Waals surface area contributed by atoms with Crippen LogP contribution in [-0.4, -0.2) is 52.6 Å². The van der Waals surface area contributed by atoms with E-state index in [4.69, 9.17) is 4.98 Å². The van der Waals surface area contributed by atoms with Gasteiger partial charge in [0.2, 0.25) is 0 Å². The summed E-state index contributed by atoms with van der Waals surface area (Å²) in [6, 6.07) is 12.0. The van der Waals surface area contributed by atoms with Gasteiger partial charge in [-0.25, -0.2) is 9.50 Å². The van der Waals surface area contributed by atoms with E-state index in [1.54, 1.807) is 4.52 Å². The van der Waals surface area contributed by atoms with Crippen molar-refractivity contribution in [3.05, 3.63) is 53.3 Å². The average Bonchev–Trinajstić information content (AvgIpc) is 3.05. The topological polar surface area (TPSA) is 62.5 Å². The smallest absolute Gasteiger partial charge is 0.270 e. The Morgan fingerprint density at radius 3 is 2.43 bits per heavy atom. The predicted molar refractivity (Wildman–Crippen MR) is 113 cm³/mol. The zero-order chi connectivity index (χ0) is 20.5. The van der Waals surface area contributed by atoms with Crippen molar-refractivity contribution in [1.29, 1.82) is 0 Å². The van der Waals surface area contributed by atoms with Crippen molar-refractivity contribution < 1.29 is 4.79 Å². The maximum atomic E-state index is 12.9. The zero-order valence-electron chi connectivity index (χ0n) is 17.6. The number of carbonyl (C=O) groups excluding carboxylic acids is 1. The van der Waals surface area contributed by atoms with Crippen LogP contribution in [0.4, 0.5) is 0 Å². The van der Waals surface area contributed by atoms with Crippen molar-refractivity contribution in [3.8, 4) is 11.3 Å². The van der Waals surface area contributed by atoms with E-state index in [0.717, 1.165) is 23.5 Å². The van der Waals surface area contributed by atoms with Crippen LogP contribution in [0.15, 0.2) is 36.4 Å². The number of hydrogen-bond acceptors (Lipinski definition) is 4. The summed E-state index contributed by atoms with van der Waals surface area (Å²) in [5, 5.41) is 7.67. The number of nitrogens with one attached hydrogen (secondary N) is 1. The third-order valence-electron chi connectivity index (χ3n) is 4.62. The third kappa shape index (κ3) is 4.39. The minimum absolute atomic E-state index is 0.129. The Kier molecular flexibility index (Phi) is 5.52. The lowest BCUT2D eigenvalue weighted by molar-refractivity contribution is 0.0943. The van der Waals surface area contributed by atoms with Crippen LogP contribution in [0.25, 0.3) is 16.9 Å². The number of likely N-dealkylation sites (N-methyl/N-ethyl adjacent to an activating group) is 1. The lowest BCUT2D eigenvalue weighted by Gasteiger charge is -2.14. The van der Waals surface area contributed by atoms with Crippen LogP contribution < -0.4 is 5.32 Å². The summed E-state index contributed by atoms with van der Waals surface area (Å²) in [5.74, 6) is -0.147. The van der Waals surface area contributed by atoms with E-state index >= 15 is 0 Å². The molecule has 0 aliphatic heterocycles. The van der Waals surface area contributed by atoms with E-state index in [1.807, 2.05) is 43.3 Å². The molecule has 6 heteroatoms. The van der Waals surface area contributed by atoms with E-state index in [1.165, 1.54) is 5.56 Å². The Hall–Kier alpha value is -2.73. The summed E-state index contributed by atoms with van der Waals surface area (Å²) >= 11 is 0. The summed E-state index contributed by atoms with van der Waals surface area (Å²) in [5.41, 5.74) is 4.89. The molecular weight excluding hydrogens is 350 g/mol. The Morgan fingerprint density at radius 2 is 1.82 bits per heavy atom. The molecule has 2 heterocycles. The largest absolute Gasteiger partial charge is 0.349 e. The fraction of sp³-hybridized carbons (Fsp3) is 0.409. The molecule has 1 N–H and O–H groups in total. The Labute approximate surface area is 166 Å². The van der Waals surface area contributed by atoms with Gasteiger partial charge in [0.1, 0.15) is 5.69 Å². The van der Waals surface area contributed by atoms with Crippen LogP contribution in [0.2, 0.25) is 0 Å². The minimum Gasteiger partial charge on any atom is -0.349 e. The zero-order valence-corrected chi connectivity index (χ0v) is 17.6. The normalized spacial score (nSPS) is 12.0. The van der Waals surface area contributed by atoms with Gasteiger partial charge in [-0.1, -0.05) is 50.6 Å². The minimum atomic E-state index is -0.147. The fourth-order valence-corrected chi connectivity index (χ4v) is 2.86. The van der Waals surface area contributed by atoms with Gasteiger partial charge in [0, 0.05) is 30.1 Å². The first kappa shape index (κ1) is 20.0. The SMILES string of the molecule is Cc1ccc(-c2cc(C(=O)NCCN(C)C)n3nc(C(C)(C)C)cc3n2)cc1. The molecule has 3 rings (SSSR count). The highest BCUT2D eigenvalue weighted by atomic mass is 16.2. The maximum Gasteiger partial charge on any atom is 0.270 e. The maximum absolute atomic E-state index is 12.9. The molecule has 0 saturated carbocycles. The van der Waals surface area contributed by atoms with E-state index in [-0.39, 0.29) is 11.3 Å². The van der Waals surface area contributed by atoms with Gasteiger partial charge in [0.25, 0.3) is 5.91 Å². The molecule has 0 bridgehead atoms. The number of aromatic nitrogens is 3. The number of amides is 1. The summed E-state index contributed by atoms with van der Waals surface area (Å²) in [6.07, 6.45) is 0. The van der Waals surface area contributed by atoms with Gasteiger partial charge in [-0.2, -0.15) is 5.10 Å². The van der Waals surface area contributed by atoms with Crippen LogP contribution >= 0.6 is 0 Å². The highest BCUT2D eigenvalue weighted by molar-refractivity contribution is 5.94. The second-order valence-electron chi connectivity index (χ2n) is 8.50. The number of rotatable bonds is 5. The van der Waals surface area contributed by atoms with E-state index in [2.05, 4.69) is 50.2 Å². The highest BCUT2D eigenvalue weighted by Gasteiger charge is 2.22. The number of aryl methyl sites for hydroxylation is 1. The van der Waals surface area contributed by atoms with Gasteiger partial charge < -0.3 is 10.2 Å². The number of hydrogen-bond donors (Lipinski definition) is 1. The fourth-order valence-electron chi connectivity index (χ4n) is 2.86. The summed E-state index contributed by atoms with van der Waals surface area (Å²) in [6.45, 7) is 9.71. The second kappa shape index (κ2) is 7.72. The number of benzene rings is 1. The molecule has 1 amide bonds. The summed E-state index contributed by atoms with van der Waals surface area (Å²) in [7, 11) is 3.96. The van der Waals surface area contributed by atoms with E-state index in [9.17, 15) is 4.79 Å². The molecular formula is C22H29N5O. The average molecular weight is 380 g/mol. The van der Waals surface area contributed by atoms with Crippen molar-refractivity contribution in [3.63, 3.8) is 0 Å². The van der Waals surface area contributed by atoms with E-state index < -0.39 is 0 Å². The lowest BCUT2D eigenvalue weighted by Crippen LogP contribution is -2.32. The molecule has 0 spiro atoms. The van der Waals surface area contributed by atoms with Gasteiger partial charge in [0.05, 0.1) is 11.4 Å². The first-order valence-electron chi connectivity index (χ1n) is 9.56. The standard InChI is InChI=1S/C22H29N5O/c1-15-7-9-16(10-8-15)17-13-18(21(28)23-11-12-26(5)6)27-20(24-17)14-19(25-27)22(2,3)4/h7-10,13-14H,11-12H2,1-6H3,(H,23,28). The molecule has 0 fully saturated rings. The molecule has 3 aromatic rings. The highest BCUT2D eigenvalue weighted by Crippen LogP contribution is 2.25. The Bertz CT molecular complexity index is 981. The lowest BCUT2D eigenvalue weighted by atomic mass is 9.93. The molecule has 0 radical (unpaired) electrons. The molecule has 0 aliphatic carbocycles. The first-order valence-corrected chi connectivity index (χ1v) is 9.56. The molecule has 0 atom stereocenters. The Balaban J connectivity index is 2.08. The molecule has 148 valence electrons. The molecule has 6 nitrogen and oxygen atoms in total. The summed E-state index contributed by atoms with van der Waals surface area (Å²) in [4.78, 5) is 19.7. The number of carbonyl (C=O) groups is 1. The van der Waals surface area contributed by atoms with Crippen LogP contribution in [0.5, 0.6) is 0 Å². The Morgan fingerprint density at radius 1 is 1.14 bits per heavy atom. The van der Waals surface area contributed by atoms with Crippen LogP contribution in [-0.2, 0) is 5.41 Å². The monoisotopic (exact) mass is 379 g/mol. The molecule has 0 saturated heterocycles. The van der Waals surface area contributed by atoms with Crippen LogP contribution in [0, 0.1) is 6.92 Å². The van der Waals surface area contributed by atoms with Crippen molar-refractivity contribution in [1.82, 2.24) is 24.8 Å². The molecule has 2 aromatic heterocycles.